The molecule has 1 unspecified atom stereocenters. The molecule has 0 saturated heterocycles. The second-order valence-electron chi connectivity index (χ2n) is 6.03. The maximum atomic E-state index is 12.5. The normalized spacial score (nSPS) is 16.2. The van der Waals surface area contributed by atoms with Crippen molar-refractivity contribution in [3.8, 4) is 11.1 Å². The van der Waals surface area contributed by atoms with E-state index in [2.05, 4.69) is 5.10 Å². The van der Waals surface area contributed by atoms with Gasteiger partial charge in [0, 0.05) is 17.3 Å². The average molecular weight is 341 g/mol. The lowest BCUT2D eigenvalue weighted by molar-refractivity contribution is -0.140. The van der Waals surface area contributed by atoms with Crippen molar-refractivity contribution < 1.29 is 9.90 Å². The molecule has 1 atom stereocenters. The van der Waals surface area contributed by atoms with Gasteiger partial charge in [0.05, 0.1) is 5.69 Å². The Morgan fingerprint density at radius 3 is 2.84 bits per heavy atom. The molecule has 0 fully saturated rings. The average Bonchev–Trinajstić information content (AvgIpc) is 2.99. The first kappa shape index (κ1) is 16.7. The number of fused-ring (bicyclic) bond motifs is 1. The minimum Gasteiger partial charge on any atom is -0.480 e. The number of nitrogens with two attached hydrogens (primary N) is 2. The summed E-state index contributed by atoms with van der Waals surface area (Å²) in [6, 6.07) is 8.10. The maximum absolute atomic E-state index is 12.5. The molecule has 0 spiro atoms. The van der Waals surface area contributed by atoms with E-state index in [1.54, 1.807) is 0 Å². The van der Waals surface area contributed by atoms with E-state index < -0.39 is 12.0 Å². The number of hydrazone groups is 1. The van der Waals surface area contributed by atoms with E-state index in [0.29, 0.717) is 29.8 Å². The fourth-order valence-corrected chi connectivity index (χ4v) is 3.22. The molecule has 0 saturated carbocycles. The fourth-order valence-electron chi connectivity index (χ4n) is 3.22. The van der Waals surface area contributed by atoms with Crippen molar-refractivity contribution in [2.75, 3.05) is 5.01 Å². The predicted molar refractivity (Wildman–Crippen MR) is 95.2 cm³/mol. The van der Waals surface area contributed by atoms with Crippen molar-refractivity contribution in [2.45, 2.75) is 25.8 Å². The van der Waals surface area contributed by atoms with Crippen molar-refractivity contribution in [3.63, 3.8) is 0 Å². The number of aromatic nitrogens is 1. The van der Waals surface area contributed by atoms with Crippen LogP contribution >= 0.6 is 0 Å². The Balaban J connectivity index is 2.16. The topological polar surface area (TPSA) is 127 Å². The van der Waals surface area contributed by atoms with Crippen LogP contribution in [0.4, 0.5) is 5.69 Å². The van der Waals surface area contributed by atoms with Crippen LogP contribution in [0.2, 0.25) is 0 Å². The van der Waals surface area contributed by atoms with Gasteiger partial charge in [-0.2, -0.15) is 5.10 Å². The van der Waals surface area contributed by atoms with Crippen LogP contribution in [0.25, 0.3) is 11.1 Å². The summed E-state index contributed by atoms with van der Waals surface area (Å²) in [5.41, 5.74) is 3.45. The number of nitrogens with zero attached hydrogens (tertiary/aromatic N) is 3. The summed E-state index contributed by atoms with van der Waals surface area (Å²) < 4.78 is 1.35. The number of hydrazine groups is 1. The Morgan fingerprint density at radius 2 is 2.16 bits per heavy atom. The summed E-state index contributed by atoms with van der Waals surface area (Å²) in [4.78, 5) is 23.8. The monoisotopic (exact) mass is 341 g/mol. The van der Waals surface area contributed by atoms with Gasteiger partial charge in [-0.3, -0.25) is 14.4 Å². The highest BCUT2D eigenvalue weighted by atomic mass is 16.4. The van der Waals surface area contributed by atoms with E-state index in [9.17, 15) is 14.7 Å². The molecule has 8 nitrogen and oxygen atoms in total. The van der Waals surface area contributed by atoms with E-state index in [1.165, 1.54) is 22.0 Å². The lowest BCUT2D eigenvalue weighted by atomic mass is 10.0. The zero-order valence-corrected chi connectivity index (χ0v) is 13.7. The smallest absolute Gasteiger partial charge is 0.326 e. The fraction of sp³-hybridized carbons (Fsp3) is 0.235. The van der Waals surface area contributed by atoms with E-state index in [-0.39, 0.29) is 5.56 Å². The number of hydrogen-bond donors (Lipinski definition) is 3. The largest absolute Gasteiger partial charge is 0.480 e. The van der Waals surface area contributed by atoms with Crippen molar-refractivity contribution in [2.24, 2.45) is 16.8 Å². The molecule has 1 aromatic carbocycles. The Bertz CT molecular complexity index is 919. The molecule has 3 rings (SSSR count). The summed E-state index contributed by atoms with van der Waals surface area (Å²) in [6.07, 6.45) is 2.23. The number of anilines is 1. The number of carboxylic acid groups (broad SMARTS) is 1. The van der Waals surface area contributed by atoms with Gasteiger partial charge in [-0.1, -0.05) is 11.6 Å². The summed E-state index contributed by atoms with van der Waals surface area (Å²) in [5.74, 6) is 10.1. The van der Waals surface area contributed by atoms with Gasteiger partial charge in [0.1, 0.15) is 12.4 Å². The Morgan fingerprint density at radius 1 is 1.40 bits per heavy atom. The van der Waals surface area contributed by atoms with E-state index >= 15 is 0 Å². The number of benzene rings is 1. The Hall–Kier alpha value is -3.13. The Kier molecular flexibility index (Phi) is 4.28. The molecule has 25 heavy (non-hydrogen) atoms. The van der Waals surface area contributed by atoms with Gasteiger partial charge in [-0.15, -0.1) is 0 Å². The summed E-state index contributed by atoms with van der Waals surface area (Å²) in [6.45, 7) is 1.94. The van der Waals surface area contributed by atoms with Gasteiger partial charge in [-0.25, -0.2) is 10.6 Å². The third kappa shape index (κ3) is 2.99. The van der Waals surface area contributed by atoms with Gasteiger partial charge < -0.3 is 10.9 Å². The number of pyridine rings is 1. The lowest BCUT2D eigenvalue weighted by Crippen LogP contribution is -2.30. The van der Waals surface area contributed by atoms with Gasteiger partial charge in [-0.05, 0) is 43.5 Å². The molecule has 0 radical (unpaired) electrons. The van der Waals surface area contributed by atoms with Crippen molar-refractivity contribution in [1.82, 2.24) is 4.57 Å². The van der Waals surface area contributed by atoms with Crippen LogP contribution in [0.3, 0.4) is 0 Å². The number of rotatable bonds is 4. The van der Waals surface area contributed by atoms with Crippen LogP contribution in [0.15, 0.2) is 40.2 Å². The van der Waals surface area contributed by atoms with E-state index in [4.69, 9.17) is 11.7 Å². The van der Waals surface area contributed by atoms with Crippen LogP contribution in [-0.4, -0.2) is 22.0 Å². The van der Waals surface area contributed by atoms with Crippen molar-refractivity contribution in [3.05, 3.63) is 51.9 Å². The molecule has 2 aromatic rings. The van der Waals surface area contributed by atoms with Crippen LogP contribution in [0, 0.1) is 6.92 Å². The maximum Gasteiger partial charge on any atom is 0.326 e. The van der Waals surface area contributed by atoms with Gasteiger partial charge >= 0.3 is 5.97 Å². The van der Waals surface area contributed by atoms with Gasteiger partial charge in [0.2, 0.25) is 0 Å². The summed E-state index contributed by atoms with van der Waals surface area (Å²) in [7, 11) is 0. The first-order valence-electron chi connectivity index (χ1n) is 7.79. The Labute approximate surface area is 143 Å². The molecule has 2 heterocycles. The summed E-state index contributed by atoms with van der Waals surface area (Å²) in [5, 5.41) is 14.0. The number of carbonyl (C=O) groups is 1. The predicted octanol–water partition coefficient (Wildman–Crippen LogP) is 0.978. The van der Waals surface area contributed by atoms with Crippen molar-refractivity contribution >= 4 is 18.0 Å². The molecule has 1 aliphatic rings. The van der Waals surface area contributed by atoms with Crippen LogP contribution < -0.4 is 22.3 Å². The molecular weight excluding hydrogens is 322 g/mol. The SMILES string of the molecule is Cc1ccc(N(N)/C=N\N)c(-c2cc3n(c(=O)c2)C(C(=O)O)CC3)c1. The molecule has 8 heteroatoms. The van der Waals surface area contributed by atoms with E-state index in [0.717, 1.165) is 11.1 Å². The standard InChI is InChI=1S/C17H19N5O3/c1-10-2-4-14(21(19)9-20-18)13(6-10)11-7-12-3-5-15(17(24)25)22(12)16(23)8-11/h2,4,6-9,15H,3,5,18-19H2,1H3,(H,24,25)/b20-9-. The quantitative estimate of drug-likeness (QED) is 0.329. The minimum atomic E-state index is -0.989. The van der Waals surface area contributed by atoms with Crippen molar-refractivity contribution in [1.29, 1.82) is 0 Å². The molecule has 0 amide bonds. The number of aliphatic carboxylic acids is 1. The second kappa shape index (κ2) is 6.40. The molecule has 0 aliphatic carbocycles. The molecule has 130 valence electrons. The lowest BCUT2D eigenvalue weighted by Gasteiger charge is -2.18. The van der Waals surface area contributed by atoms with Crippen LogP contribution in [0.1, 0.15) is 23.7 Å². The molecule has 5 N–H and O–H groups in total. The van der Waals surface area contributed by atoms with Gasteiger partial charge in [0.25, 0.3) is 5.56 Å². The zero-order valence-electron chi connectivity index (χ0n) is 13.7. The third-order valence-corrected chi connectivity index (χ3v) is 4.35. The highest BCUT2D eigenvalue weighted by Gasteiger charge is 2.29. The first-order chi connectivity index (χ1) is 11.9. The molecule has 1 aliphatic heterocycles. The molecule has 1 aromatic heterocycles. The van der Waals surface area contributed by atoms with Crippen LogP contribution in [0.5, 0.6) is 0 Å². The van der Waals surface area contributed by atoms with E-state index in [1.807, 2.05) is 31.2 Å². The number of aryl methyl sites for hydroxylation is 2. The highest BCUT2D eigenvalue weighted by Crippen LogP contribution is 2.33. The minimum absolute atomic E-state index is 0.332. The molecule has 0 bridgehead atoms. The summed E-state index contributed by atoms with van der Waals surface area (Å²) >= 11 is 0. The van der Waals surface area contributed by atoms with Gasteiger partial charge in [0.15, 0.2) is 0 Å². The third-order valence-electron chi connectivity index (χ3n) is 4.35. The number of hydrogen-bond acceptors (Lipinski definition) is 5. The highest BCUT2D eigenvalue weighted by molar-refractivity contribution is 5.88. The zero-order chi connectivity index (χ0) is 18.1. The second-order valence-corrected chi connectivity index (χ2v) is 6.03. The molecular formula is C17H19N5O3. The first-order valence-corrected chi connectivity index (χ1v) is 7.79. The van der Waals surface area contributed by atoms with Crippen LogP contribution in [-0.2, 0) is 11.2 Å². The number of carboxylic acids is 1.